The van der Waals surface area contributed by atoms with E-state index in [9.17, 15) is 19.5 Å². The molecule has 0 rings (SSSR count). The molecule has 0 aliphatic carbocycles. The fraction of sp³-hybridized carbons (Fsp3) is 0.658. The molecule has 0 bridgehead atoms. The highest BCUT2D eigenvalue weighted by Gasteiger charge is 2.47. The number of allylic oxidation sites excluding steroid dienone is 7. The highest BCUT2D eigenvalue weighted by Crippen LogP contribution is 2.43. The molecule has 0 aromatic heterocycles. The molecular formula is C38H66N2O6Si. The van der Waals surface area contributed by atoms with Crippen molar-refractivity contribution >= 4 is 26.1 Å². The molecule has 3 atom stereocenters. The largest absolute Gasteiger partial charge is 0.478 e. The summed E-state index contributed by atoms with van der Waals surface area (Å²) in [7, 11) is -2.38. The van der Waals surface area contributed by atoms with Gasteiger partial charge in [-0.2, -0.15) is 0 Å². The Morgan fingerprint density at radius 3 is 1.98 bits per heavy atom. The topological polar surface area (TPSA) is 125 Å². The Hall–Kier alpha value is -2.75. The van der Waals surface area contributed by atoms with Crippen LogP contribution < -0.4 is 10.6 Å². The van der Waals surface area contributed by atoms with Crippen LogP contribution in [0.3, 0.4) is 0 Å². The fourth-order valence-corrected chi connectivity index (χ4v) is 11.6. The number of carboxylic acid groups (broad SMARTS) is 1. The first kappa shape index (κ1) is 44.2. The number of aliphatic hydroxyl groups excluding tert-OH is 1. The van der Waals surface area contributed by atoms with E-state index < -0.39 is 32.4 Å². The quantitative estimate of drug-likeness (QED) is 0.0335. The van der Waals surface area contributed by atoms with Gasteiger partial charge in [-0.25, -0.2) is 4.79 Å². The molecule has 0 aromatic rings. The van der Waals surface area contributed by atoms with Crippen LogP contribution in [0.2, 0.25) is 16.6 Å². The van der Waals surface area contributed by atoms with E-state index in [0.717, 1.165) is 24.5 Å². The van der Waals surface area contributed by atoms with E-state index in [1.165, 1.54) is 31.8 Å². The molecule has 2 amide bonds. The summed E-state index contributed by atoms with van der Waals surface area (Å²) in [5, 5.41) is 25.3. The van der Waals surface area contributed by atoms with E-state index in [1.807, 2.05) is 32.1 Å². The molecule has 0 aromatic carbocycles. The number of amides is 2. The molecule has 0 aliphatic rings. The van der Waals surface area contributed by atoms with Crippen LogP contribution in [0.5, 0.6) is 0 Å². The third-order valence-electron chi connectivity index (χ3n) is 8.73. The van der Waals surface area contributed by atoms with Crippen LogP contribution in [0.15, 0.2) is 60.3 Å². The lowest BCUT2D eigenvalue weighted by atomic mass is 10.0. The number of aliphatic hydroxyl groups is 1. The minimum atomic E-state index is -2.38. The van der Waals surface area contributed by atoms with E-state index in [1.54, 1.807) is 18.2 Å². The molecule has 0 heterocycles. The van der Waals surface area contributed by atoms with E-state index in [-0.39, 0.29) is 24.8 Å². The summed E-state index contributed by atoms with van der Waals surface area (Å²) in [6, 6.07) is 0. The summed E-state index contributed by atoms with van der Waals surface area (Å²) in [5.74, 6) is -1.94. The van der Waals surface area contributed by atoms with Gasteiger partial charge in [0.2, 0.25) is 20.1 Å². The Morgan fingerprint density at radius 2 is 1.38 bits per heavy atom. The normalized spacial score (nSPS) is 15.1. The molecule has 47 heavy (non-hydrogen) atoms. The predicted octanol–water partition coefficient (Wildman–Crippen LogP) is 8.17. The molecule has 4 N–H and O–H groups in total. The maximum atomic E-state index is 13.3. The van der Waals surface area contributed by atoms with Crippen LogP contribution in [-0.4, -0.2) is 61.6 Å². The molecule has 0 fully saturated rings. The summed E-state index contributed by atoms with van der Waals surface area (Å²) in [5.41, 5.74) is 1.64. The van der Waals surface area contributed by atoms with Crippen LogP contribution in [-0.2, 0) is 18.8 Å². The summed E-state index contributed by atoms with van der Waals surface area (Å²) < 4.78 is 7.02. The molecule has 0 spiro atoms. The summed E-state index contributed by atoms with van der Waals surface area (Å²) in [4.78, 5) is 36.8. The third-order valence-corrected chi connectivity index (χ3v) is 14.9. The van der Waals surface area contributed by atoms with Gasteiger partial charge in [0, 0.05) is 19.2 Å². The van der Waals surface area contributed by atoms with Crippen LogP contribution in [0.25, 0.3) is 0 Å². The third kappa shape index (κ3) is 18.4. The zero-order valence-electron chi connectivity index (χ0n) is 30.8. The van der Waals surface area contributed by atoms with Crippen molar-refractivity contribution in [2.24, 2.45) is 5.92 Å². The minimum absolute atomic E-state index is 0.0610. The van der Waals surface area contributed by atoms with Crippen molar-refractivity contribution in [3.8, 4) is 0 Å². The Labute approximate surface area is 287 Å². The second-order valence-corrected chi connectivity index (χ2v) is 18.8. The Balaban J connectivity index is 5.44. The molecule has 268 valence electrons. The predicted molar refractivity (Wildman–Crippen MR) is 198 cm³/mol. The SMILES string of the molecule is CCCCCCC/C=C/C=C(\C)[C@H](O)CC(=O)NC[C@H](O[Si](C(C)C)(C(C)C)C(C)C)[C@H](C)C(=O)NCC/C=C/C=C/C=C/C(=O)O. The van der Waals surface area contributed by atoms with Gasteiger partial charge >= 0.3 is 5.97 Å². The van der Waals surface area contributed by atoms with Crippen molar-refractivity contribution in [1.29, 1.82) is 0 Å². The molecular weight excluding hydrogens is 609 g/mol. The molecule has 0 saturated carbocycles. The van der Waals surface area contributed by atoms with Gasteiger partial charge in [-0.3, -0.25) is 9.59 Å². The van der Waals surface area contributed by atoms with Crippen molar-refractivity contribution in [2.75, 3.05) is 13.1 Å². The van der Waals surface area contributed by atoms with Gasteiger partial charge in [-0.1, -0.05) is 130 Å². The zero-order chi connectivity index (χ0) is 35.8. The summed E-state index contributed by atoms with van der Waals surface area (Å²) in [6.45, 7) is 19.6. The van der Waals surface area contributed by atoms with E-state index >= 15 is 0 Å². The molecule has 0 radical (unpaired) electrons. The smallest absolute Gasteiger partial charge is 0.328 e. The molecule has 9 heteroatoms. The maximum Gasteiger partial charge on any atom is 0.328 e. The lowest BCUT2D eigenvalue weighted by Crippen LogP contribution is -2.55. The van der Waals surface area contributed by atoms with E-state index in [2.05, 4.69) is 65.2 Å². The van der Waals surface area contributed by atoms with Crippen LogP contribution in [0, 0.1) is 5.92 Å². The first-order chi connectivity index (χ1) is 22.2. The van der Waals surface area contributed by atoms with Crippen LogP contribution in [0.1, 0.15) is 114 Å². The standard InChI is InChI=1S/C38H66N2O6Si/c1-10-11-12-13-14-15-18-21-24-32(8)34(41)27-36(42)40-28-35(46-47(29(2)3,30(4)5)31(6)7)33(9)38(45)39-26-23-20-17-16-19-22-25-37(43)44/h16-22,24-25,29-31,33-35,41H,10-15,23,26-28H2,1-9H3,(H,39,45)(H,40,42)(H,43,44)/b19-16+,20-17+,21-18+,25-22+,32-24+/t33-,34+,35-/m0/s1. The zero-order valence-corrected chi connectivity index (χ0v) is 31.8. The van der Waals surface area contributed by atoms with Gasteiger partial charge in [-0.05, 0) is 48.4 Å². The van der Waals surface area contributed by atoms with Crippen molar-refractivity contribution in [1.82, 2.24) is 10.6 Å². The number of hydrogen-bond acceptors (Lipinski definition) is 5. The van der Waals surface area contributed by atoms with E-state index in [4.69, 9.17) is 9.53 Å². The second-order valence-electron chi connectivity index (χ2n) is 13.4. The highest BCUT2D eigenvalue weighted by atomic mass is 28.4. The average molecular weight is 675 g/mol. The first-order valence-corrected chi connectivity index (χ1v) is 19.8. The summed E-state index contributed by atoms with van der Waals surface area (Å²) >= 11 is 0. The second kappa shape index (κ2) is 25.3. The Morgan fingerprint density at radius 1 is 0.787 bits per heavy atom. The Kier molecular flexibility index (Phi) is 23.8. The van der Waals surface area contributed by atoms with Gasteiger partial charge in [-0.15, -0.1) is 0 Å². The van der Waals surface area contributed by atoms with Gasteiger partial charge < -0.3 is 25.3 Å². The molecule has 0 aliphatic heterocycles. The molecule has 0 unspecified atom stereocenters. The van der Waals surface area contributed by atoms with Gasteiger partial charge in [0.05, 0.1) is 24.5 Å². The number of nitrogens with one attached hydrogen (secondary N) is 2. The van der Waals surface area contributed by atoms with Crippen molar-refractivity contribution < 1.29 is 29.0 Å². The van der Waals surface area contributed by atoms with Crippen molar-refractivity contribution in [3.05, 3.63) is 60.3 Å². The number of carboxylic acids is 1. The summed E-state index contributed by atoms with van der Waals surface area (Å²) in [6.07, 6.45) is 21.8. The van der Waals surface area contributed by atoms with Crippen molar-refractivity contribution in [2.45, 2.75) is 143 Å². The molecule has 0 saturated heterocycles. The Bertz CT molecular complexity index is 1040. The minimum Gasteiger partial charge on any atom is -0.478 e. The number of rotatable bonds is 25. The maximum absolute atomic E-state index is 13.3. The number of carbonyl (C=O) groups is 3. The average Bonchev–Trinajstić information content (AvgIpc) is 3.00. The van der Waals surface area contributed by atoms with Crippen LogP contribution >= 0.6 is 0 Å². The first-order valence-electron chi connectivity index (χ1n) is 17.7. The lowest BCUT2D eigenvalue weighted by molar-refractivity contribution is -0.131. The van der Waals surface area contributed by atoms with Gasteiger partial charge in [0.1, 0.15) is 0 Å². The fourth-order valence-electron chi connectivity index (χ4n) is 5.96. The monoisotopic (exact) mass is 674 g/mol. The van der Waals surface area contributed by atoms with Gasteiger partial charge in [0.15, 0.2) is 0 Å². The number of hydrogen-bond donors (Lipinski definition) is 4. The lowest BCUT2D eigenvalue weighted by Gasteiger charge is -2.45. The van der Waals surface area contributed by atoms with Gasteiger partial charge in [0.25, 0.3) is 0 Å². The van der Waals surface area contributed by atoms with Crippen LogP contribution in [0.4, 0.5) is 0 Å². The van der Waals surface area contributed by atoms with Crippen molar-refractivity contribution in [3.63, 3.8) is 0 Å². The number of unbranched alkanes of at least 4 members (excludes halogenated alkanes) is 5. The number of carbonyl (C=O) groups excluding carboxylic acids is 2. The number of aliphatic carboxylic acids is 1. The van der Waals surface area contributed by atoms with E-state index in [0.29, 0.717) is 29.6 Å². The molecule has 8 nitrogen and oxygen atoms in total. The highest BCUT2D eigenvalue weighted by molar-refractivity contribution is 6.77.